The van der Waals surface area contributed by atoms with Crippen LogP contribution in [-0.4, -0.2) is 55.0 Å². The van der Waals surface area contributed by atoms with E-state index in [1.807, 2.05) is 0 Å². The number of carbonyl (C=O) groups is 1. The molecule has 1 atom stereocenters. The summed E-state index contributed by atoms with van der Waals surface area (Å²) in [4.78, 5) is 20.1. The second kappa shape index (κ2) is 7.68. The summed E-state index contributed by atoms with van der Waals surface area (Å²) in [7, 11) is -2.58. The summed E-state index contributed by atoms with van der Waals surface area (Å²) in [6.45, 7) is 2.33. The topological polar surface area (TPSA) is 98.7 Å². The van der Waals surface area contributed by atoms with Crippen LogP contribution in [0.5, 0.6) is 5.88 Å². The molecule has 140 valence electrons. The lowest BCUT2D eigenvalue weighted by Gasteiger charge is -2.31. The molecule has 2 aromatic heterocycles. The van der Waals surface area contributed by atoms with Crippen LogP contribution in [0.2, 0.25) is 0 Å². The van der Waals surface area contributed by atoms with Gasteiger partial charge >= 0.3 is 5.97 Å². The smallest absolute Gasteiger partial charge is 0.349 e. The minimum atomic E-state index is -3.81. The largest absolute Gasteiger partial charge is 0.473 e. The van der Waals surface area contributed by atoms with Gasteiger partial charge < -0.3 is 9.47 Å². The van der Waals surface area contributed by atoms with Gasteiger partial charge in [0.25, 0.3) is 0 Å². The number of methoxy groups -OCH3 is 1. The highest BCUT2D eigenvalue weighted by Crippen LogP contribution is 2.28. The Morgan fingerprint density at radius 2 is 2.19 bits per heavy atom. The van der Waals surface area contributed by atoms with E-state index >= 15 is 0 Å². The summed E-state index contributed by atoms with van der Waals surface area (Å²) in [5.74, 6) is 0.358. The van der Waals surface area contributed by atoms with Crippen molar-refractivity contribution >= 4 is 27.3 Å². The molecule has 1 fully saturated rings. The van der Waals surface area contributed by atoms with Crippen molar-refractivity contribution in [2.45, 2.75) is 30.8 Å². The third kappa shape index (κ3) is 3.87. The van der Waals surface area contributed by atoms with E-state index in [2.05, 4.69) is 14.7 Å². The molecule has 3 rings (SSSR count). The van der Waals surface area contributed by atoms with Crippen molar-refractivity contribution < 1.29 is 22.7 Å². The molecule has 8 nitrogen and oxygen atoms in total. The molecule has 0 aliphatic carbocycles. The second-order valence-corrected chi connectivity index (χ2v) is 8.62. The molecule has 0 aromatic carbocycles. The summed E-state index contributed by atoms with van der Waals surface area (Å²) < 4.78 is 37.8. The van der Waals surface area contributed by atoms with E-state index in [9.17, 15) is 13.2 Å². The number of hydrogen-bond acceptors (Lipinski definition) is 8. The quantitative estimate of drug-likeness (QED) is 0.710. The van der Waals surface area contributed by atoms with Gasteiger partial charge in [0.05, 0.1) is 13.7 Å². The molecule has 1 aliphatic heterocycles. The third-order valence-electron chi connectivity index (χ3n) is 4.00. The van der Waals surface area contributed by atoms with E-state index in [0.717, 1.165) is 17.8 Å². The van der Waals surface area contributed by atoms with Crippen molar-refractivity contribution in [2.24, 2.45) is 0 Å². The highest BCUT2D eigenvalue weighted by atomic mass is 32.2. The number of nitrogens with zero attached hydrogens (tertiary/aromatic N) is 3. The first kappa shape index (κ1) is 18.7. The highest BCUT2D eigenvalue weighted by Gasteiger charge is 2.34. The maximum Gasteiger partial charge on any atom is 0.349 e. The minimum absolute atomic E-state index is 0.0205. The van der Waals surface area contributed by atoms with E-state index < -0.39 is 16.0 Å². The number of sulfonamides is 1. The van der Waals surface area contributed by atoms with Gasteiger partial charge in [-0.2, -0.15) is 9.29 Å². The minimum Gasteiger partial charge on any atom is -0.473 e. The molecular weight excluding hydrogens is 378 g/mol. The Hall–Kier alpha value is -2.04. The zero-order valence-electron chi connectivity index (χ0n) is 14.4. The maximum absolute atomic E-state index is 13.0. The molecule has 2 aromatic rings. The predicted octanol–water partition coefficient (Wildman–Crippen LogP) is 1.87. The van der Waals surface area contributed by atoms with Crippen molar-refractivity contribution in [3.63, 3.8) is 0 Å². The van der Waals surface area contributed by atoms with Crippen molar-refractivity contribution in [1.29, 1.82) is 0 Å². The number of aromatic nitrogens is 2. The average molecular weight is 397 g/mol. The third-order valence-corrected chi connectivity index (χ3v) is 6.93. The second-order valence-electron chi connectivity index (χ2n) is 5.79. The van der Waals surface area contributed by atoms with E-state index in [1.54, 1.807) is 24.6 Å². The lowest BCUT2D eigenvalue weighted by atomic mass is 10.1. The van der Waals surface area contributed by atoms with Gasteiger partial charge in [0.2, 0.25) is 15.9 Å². The fraction of sp³-hybridized carbons (Fsp3) is 0.438. The number of piperidine rings is 1. The van der Waals surface area contributed by atoms with E-state index in [1.165, 1.54) is 17.5 Å². The van der Waals surface area contributed by atoms with Crippen LogP contribution in [0.15, 0.2) is 28.6 Å². The molecule has 3 heterocycles. The van der Waals surface area contributed by atoms with E-state index in [-0.39, 0.29) is 22.4 Å². The van der Waals surface area contributed by atoms with E-state index in [0.29, 0.717) is 24.7 Å². The summed E-state index contributed by atoms with van der Waals surface area (Å²) in [6.07, 6.45) is 2.67. The number of ether oxygens (including phenoxy) is 2. The van der Waals surface area contributed by atoms with Crippen LogP contribution in [0.4, 0.5) is 0 Å². The standard InChI is InChI=1S/C16H19N3O5S2/c1-11-17-7-5-14(18-11)24-12-4-3-8-19(10-12)26(21,22)13-6-9-25-15(13)16(20)23-2/h5-7,9,12H,3-4,8,10H2,1-2H3/t12-/m0/s1. The first-order valence-corrected chi connectivity index (χ1v) is 10.4. The molecule has 0 spiro atoms. The maximum atomic E-state index is 13.0. The molecule has 0 N–H and O–H groups in total. The summed E-state index contributed by atoms with van der Waals surface area (Å²) in [5.41, 5.74) is 0. The molecule has 0 bridgehead atoms. The number of rotatable bonds is 5. The van der Waals surface area contributed by atoms with Crippen molar-refractivity contribution in [1.82, 2.24) is 14.3 Å². The van der Waals surface area contributed by atoms with Crippen LogP contribution in [0, 0.1) is 6.92 Å². The number of esters is 1. The van der Waals surface area contributed by atoms with Gasteiger partial charge in [-0.25, -0.2) is 18.2 Å². The van der Waals surface area contributed by atoms with Gasteiger partial charge in [0.1, 0.15) is 21.7 Å². The van der Waals surface area contributed by atoms with E-state index in [4.69, 9.17) is 4.74 Å². The number of carbonyl (C=O) groups excluding carboxylic acids is 1. The zero-order valence-corrected chi connectivity index (χ0v) is 16.0. The summed E-state index contributed by atoms with van der Waals surface area (Å²) in [5, 5.41) is 1.57. The molecule has 0 radical (unpaired) electrons. The van der Waals surface area contributed by atoms with Crippen LogP contribution in [-0.2, 0) is 14.8 Å². The molecule has 0 amide bonds. The molecule has 0 unspecified atom stereocenters. The van der Waals surface area contributed by atoms with Gasteiger partial charge in [-0.15, -0.1) is 11.3 Å². The molecule has 1 saturated heterocycles. The Balaban J connectivity index is 1.78. The number of hydrogen-bond donors (Lipinski definition) is 0. The zero-order chi connectivity index (χ0) is 18.7. The fourth-order valence-corrected chi connectivity index (χ4v) is 5.59. The first-order chi connectivity index (χ1) is 12.4. The highest BCUT2D eigenvalue weighted by molar-refractivity contribution is 7.89. The summed E-state index contributed by atoms with van der Waals surface area (Å²) in [6, 6.07) is 3.08. The fourth-order valence-electron chi connectivity index (χ4n) is 2.77. The van der Waals surface area contributed by atoms with Crippen molar-refractivity contribution in [3.8, 4) is 5.88 Å². The number of thiophene rings is 1. The molecule has 0 saturated carbocycles. The van der Waals surface area contributed by atoms with Gasteiger partial charge in [-0.1, -0.05) is 0 Å². The monoisotopic (exact) mass is 397 g/mol. The Morgan fingerprint density at radius 1 is 1.38 bits per heavy atom. The number of aryl methyl sites for hydroxylation is 1. The molecule has 26 heavy (non-hydrogen) atoms. The van der Waals surface area contributed by atoms with Crippen LogP contribution < -0.4 is 4.74 Å². The van der Waals surface area contributed by atoms with Crippen LogP contribution >= 0.6 is 11.3 Å². The SMILES string of the molecule is COC(=O)c1sccc1S(=O)(=O)N1CCC[C@H](Oc2ccnc(C)n2)C1. The van der Waals surface area contributed by atoms with Gasteiger partial charge in [0.15, 0.2) is 0 Å². The molecular formula is C16H19N3O5S2. The lowest BCUT2D eigenvalue weighted by Crippen LogP contribution is -2.44. The molecule has 1 aliphatic rings. The van der Waals surface area contributed by atoms with Gasteiger partial charge in [-0.05, 0) is 31.2 Å². The first-order valence-electron chi connectivity index (χ1n) is 8.04. The predicted molar refractivity (Wildman–Crippen MR) is 94.8 cm³/mol. The van der Waals surface area contributed by atoms with Crippen LogP contribution in [0.3, 0.4) is 0 Å². The lowest BCUT2D eigenvalue weighted by molar-refractivity contribution is 0.0602. The van der Waals surface area contributed by atoms with Gasteiger partial charge in [-0.3, -0.25) is 0 Å². The molecule has 10 heteroatoms. The van der Waals surface area contributed by atoms with Crippen LogP contribution in [0.25, 0.3) is 0 Å². The normalized spacial score (nSPS) is 18.5. The Morgan fingerprint density at radius 3 is 2.92 bits per heavy atom. The summed E-state index contributed by atoms with van der Waals surface area (Å²) >= 11 is 1.05. The Bertz CT molecular complexity index is 897. The van der Waals surface area contributed by atoms with Crippen molar-refractivity contribution in [3.05, 3.63) is 34.4 Å². The Kier molecular flexibility index (Phi) is 5.54. The average Bonchev–Trinajstić information content (AvgIpc) is 3.12. The van der Waals surface area contributed by atoms with Crippen LogP contribution in [0.1, 0.15) is 28.3 Å². The Labute approximate surface area is 155 Å². The van der Waals surface area contributed by atoms with Gasteiger partial charge in [0, 0.05) is 18.8 Å². The van der Waals surface area contributed by atoms with Crippen molar-refractivity contribution in [2.75, 3.05) is 20.2 Å².